The van der Waals surface area contributed by atoms with Crippen LogP contribution in [0.15, 0.2) is 0 Å². The van der Waals surface area contributed by atoms with Crippen LogP contribution in [0.3, 0.4) is 0 Å². The molecule has 0 unspecified atom stereocenters. The lowest BCUT2D eigenvalue weighted by Gasteiger charge is -2.40. The minimum Gasteiger partial charge on any atom is -0.480 e. The Bertz CT molecular complexity index is 327. The molecule has 2 aliphatic rings. The quantitative estimate of drug-likeness (QED) is 0.759. The first kappa shape index (κ1) is 12.6. The van der Waals surface area contributed by atoms with Gasteiger partial charge in [0.15, 0.2) is 6.04 Å². The molecule has 0 radical (unpaired) electrons. The molecular weight excluding hydrogens is 246 g/mol. The van der Waals surface area contributed by atoms with E-state index in [1.54, 1.807) is 0 Å². The second kappa shape index (κ2) is 4.82. The van der Waals surface area contributed by atoms with E-state index in [4.69, 9.17) is 21.4 Å². The van der Waals surface area contributed by atoms with E-state index in [0.717, 1.165) is 19.3 Å². The Kier molecular flexibility index (Phi) is 3.58. The number of alkyl halides is 1. The van der Waals surface area contributed by atoms with Gasteiger partial charge < -0.3 is 9.84 Å². The zero-order valence-electron chi connectivity index (χ0n) is 9.52. The summed E-state index contributed by atoms with van der Waals surface area (Å²) in [6.07, 6.45) is 4.43. The van der Waals surface area contributed by atoms with Crippen molar-refractivity contribution in [2.75, 3.05) is 12.5 Å². The second-order valence-electron chi connectivity index (χ2n) is 4.57. The summed E-state index contributed by atoms with van der Waals surface area (Å²) in [4.78, 5) is 24.4. The van der Waals surface area contributed by atoms with Crippen LogP contribution >= 0.6 is 11.6 Å². The minimum absolute atomic E-state index is 0.0674. The number of rotatable bonds is 2. The van der Waals surface area contributed by atoms with Crippen LogP contribution in [0.25, 0.3) is 0 Å². The number of carbonyl (C=O) groups excluding carboxylic acids is 1. The summed E-state index contributed by atoms with van der Waals surface area (Å²) in [7, 11) is 0. The van der Waals surface area contributed by atoms with Gasteiger partial charge in [0.05, 0.1) is 6.61 Å². The van der Waals surface area contributed by atoms with Crippen LogP contribution in [0.4, 0.5) is 0 Å². The van der Waals surface area contributed by atoms with Gasteiger partial charge in [0.25, 0.3) is 0 Å². The third kappa shape index (κ3) is 2.13. The lowest BCUT2D eigenvalue weighted by atomic mass is 9.90. The number of hydrogen-bond donors (Lipinski definition) is 1. The molecule has 0 bridgehead atoms. The molecule has 2 rings (SSSR count). The molecule has 1 aliphatic heterocycles. The fourth-order valence-corrected chi connectivity index (χ4v) is 2.93. The van der Waals surface area contributed by atoms with Gasteiger partial charge in [-0.05, 0) is 25.7 Å². The summed E-state index contributed by atoms with van der Waals surface area (Å²) in [5.41, 5.74) is -0.715. The van der Waals surface area contributed by atoms with E-state index in [1.807, 2.05) is 0 Å². The number of ether oxygens (including phenoxy) is 1. The van der Waals surface area contributed by atoms with Crippen molar-refractivity contribution in [3.05, 3.63) is 0 Å². The van der Waals surface area contributed by atoms with E-state index in [9.17, 15) is 9.59 Å². The Morgan fingerprint density at radius 2 is 2.00 bits per heavy atom. The first-order chi connectivity index (χ1) is 8.10. The minimum atomic E-state index is -1.02. The van der Waals surface area contributed by atoms with Crippen LogP contribution < -0.4 is 0 Å². The standard InChI is InChI=1S/C11H16ClNO4/c12-6-9(14)13-8(10(15)16)7-17-11(13)4-2-1-3-5-11/h8H,1-7H2,(H,15,16)/t8-/m0/s1. The van der Waals surface area contributed by atoms with Gasteiger partial charge in [0.1, 0.15) is 11.6 Å². The Hall–Kier alpha value is -0.810. The first-order valence-corrected chi connectivity index (χ1v) is 6.39. The largest absolute Gasteiger partial charge is 0.480 e. The van der Waals surface area contributed by atoms with E-state index in [0.29, 0.717) is 12.8 Å². The molecule has 2 fully saturated rings. The second-order valence-corrected chi connectivity index (χ2v) is 4.84. The fourth-order valence-electron chi connectivity index (χ4n) is 2.80. The van der Waals surface area contributed by atoms with Gasteiger partial charge in [0, 0.05) is 0 Å². The Balaban J connectivity index is 2.26. The maximum Gasteiger partial charge on any atom is 0.328 e. The predicted molar refractivity (Wildman–Crippen MR) is 60.8 cm³/mol. The number of nitrogens with zero attached hydrogens (tertiary/aromatic N) is 1. The average molecular weight is 262 g/mol. The van der Waals surface area contributed by atoms with Crippen molar-refractivity contribution in [2.45, 2.75) is 43.9 Å². The summed E-state index contributed by atoms with van der Waals surface area (Å²) in [5, 5.41) is 9.13. The highest BCUT2D eigenvalue weighted by atomic mass is 35.5. The molecule has 5 nitrogen and oxygen atoms in total. The molecule has 1 aliphatic carbocycles. The van der Waals surface area contributed by atoms with E-state index in [-0.39, 0.29) is 18.4 Å². The number of aliphatic carboxylic acids is 1. The van der Waals surface area contributed by atoms with Gasteiger partial charge in [-0.15, -0.1) is 11.6 Å². The summed E-state index contributed by atoms with van der Waals surface area (Å²) in [5.74, 6) is -1.57. The van der Waals surface area contributed by atoms with Crippen molar-refractivity contribution < 1.29 is 19.4 Å². The van der Waals surface area contributed by atoms with Crippen LogP contribution in [0, 0.1) is 0 Å². The van der Waals surface area contributed by atoms with Crippen molar-refractivity contribution in [1.29, 1.82) is 0 Å². The summed E-state index contributed by atoms with van der Waals surface area (Å²) in [6.45, 7) is 0.0674. The molecule has 1 heterocycles. The van der Waals surface area contributed by atoms with Gasteiger partial charge in [-0.3, -0.25) is 9.69 Å². The van der Waals surface area contributed by atoms with Gasteiger partial charge in [-0.1, -0.05) is 6.42 Å². The molecule has 1 saturated heterocycles. The summed E-state index contributed by atoms with van der Waals surface area (Å²) >= 11 is 5.56. The molecule has 0 aromatic heterocycles. The van der Waals surface area contributed by atoms with Crippen LogP contribution in [0.5, 0.6) is 0 Å². The van der Waals surface area contributed by atoms with Crippen molar-refractivity contribution in [3.8, 4) is 0 Å². The van der Waals surface area contributed by atoms with Crippen molar-refractivity contribution >= 4 is 23.5 Å². The van der Waals surface area contributed by atoms with Crippen LogP contribution in [-0.4, -0.2) is 46.1 Å². The third-order valence-electron chi connectivity index (χ3n) is 3.56. The van der Waals surface area contributed by atoms with Gasteiger partial charge in [0.2, 0.25) is 5.91 Å². The normalized spacial score (nSPS) is 27.4. The monoisotopic (exact) mass is 261 g/mol. The lowest BCUT2D eigenvalue weighted by Crippen LogP contribution is -2.55. The van der Waals surface area contributed by atoms with E-state index < -0.39 is 17.7 Å². The number of hydrogen-bond acceptors (Lipinski definition) is 3. The Morgan fingerprint density at radius 3 is 2.53 bits per heavy atom. The maximum absolute atomic E-state index is 11.9. The lowest BCUT2D eigenvalue weighted by molar-refractivity contribution is -0.161. The van der Waals surface area contributed by atoms with Crippen molar-refractivity contribution in [2.24, 2.45) is 0 Å². The summed E-state index contributed by atoms with van der Waals surface area (Å²) < 4.78 is 5.66. The zero-order chi connectivity index (χ0) is 12.5. The molecule has 1 N–H and O–H groups in total. The number of carboxylic acid groups (broad SMARTS) is 1. The number of carbonyl (C=O) groups is 2. The van der Waals surface area contributed by atoms with Gasteiger partial charge in [-0.25, -0.2) is 4.79 Å². The molecule has 0 aromatic rings. The number of halogens is 1. The maximum atomic E-state index is 11.9. The molecule has 0 aromatic carbocycles. The molecule has 1 saturated carbocycles. The molecule has 6 heteroatoms. The highest BCUT2D eigenvalue weighted by Gasteiger charge is 2.52. The smallest absolute Gasteiger partial charge is 0.328 e. The van der Waals surface area contributed by atoms with Gasteiger partial charge >= 0.3 is 5.97 Å². The van der Waals surface area contributed by atoms with Crippen molar-refractivity contribution in [1.82, 2.24) is 4.90 Å². The first-order valence-electron chi connectivity index (χ1n) is 5.85. The van der Waals surface area contributed by atoms with Crippen LogP contribution in [-0.2, 0) is 14.3 Å². The van der Waals surface area contributed by atoms with Crippen molar-refractivity contribution in [3.63, 3.8) is 0 Å². The zero-order valence-corrected chi connectivity index (χ0v) is 10.3. The van der Waals surface area contributed by atoms with E-state index >= 15 is 0 Å². The van der Waals surface area contributed by atoms with Crippen LogP contribution in [0.1, 0.15) is 32.1 Å². The molecule has 17 heavy (non-hydrogen) atoms. The predicted octanol–water partition coefficient (Wildman–Crippen LogP) is 1.20. The topological polar surface area (TPSA) is 66.8 Å². The Labute approximate surface area is 105 Å². The molecule has 96 valence electrons. The van der Waals surface area contributed by atoms with E-state index in [2.05, 4.69) is 0 Å². The summed E-state index contributed by atoms with van der Waals surface area (Å²) in [6, 6.07) is -0.889. The molecule has 1 atom stereocenters. The Morgan fingerprint density at radius 1 is 1.35 bits per heavy atom. The highest BCUT2D eigenvalue weighted by molar-refractivity contribution is 6.27. The van der Waals surface area contributed by atoms with Crippen LogP contribution in [0.2, 0.25) is 0 Å². The van der Waals surface area contributed by atoms with Gasteiger partial charge in [-0.2, -0.15) is 0 Å². The number of carboxylic acids is 1. The fraction of sp³-hybridized carbons (Fsp3) is 0.818. The highest BCUT2D eigenvalue weighted by Crippen LogP contribution is 2.40. The van der Waals surface area contributed by atoms with E-state index in [1.165, 1.54) is 4.90 Å². The SMILES string of the molecule is O=C(O)[C@@H]1COC2(CCCCC2)N1C(=O)CCl. The average Bonchev–Trinajstić information content (AvgIpc) is 2.68. The molecular formula is C11H16ClNO4. The third-order valence-corrected chi connectivity index (χ3v) is 3.79. The molecule has 1 spiro atoms. The molecule has 1 amide bonds. The number of amides is 1.